The number of hydrogen-bond donors (Lipinski definition) is 1. The molecular formula is C16H23BrClN3. The normalized spacial score (nSPS) is 25.6. The average molecular weight is 373 g/mol. The smallest absolute Gasteiger partial charge is 0.0482 e. The number of halogens is 2. The van der Waals surface area contributed by atoms with E-state index in [-0.39, 0.29) is 6.04 Å². The van der Waals surface area contributed by atoms with Crippen LogP contribution in [0.5, 0.6) is 0 Å². The highest BCUT2D eigenvalue weighted by atomic mass is 79.9. The molecule has 0 amide bonds. The van der Waals surface area contributed by atoms with Gasteiger partial charge in [-0.3, -0.25) is 9.80 Å². The highest BCUT2D eigenvalue weighted by molar-refractivity contribution is 9.10. The van der Waals surface area contributed by atoms with E-state index < -0.39 is 0 Å². The Morgan fingerprint density at radius 3 is 2.90 bits per heavy atom. The number of hydrogen-bond acceptors (Lipinski definition) is 3. The van der Waals surface area contributed by atoms with E-state index in [1.807, 2.05) is 12.1 Å². The van der Waals surface area contributed by atoms with Crippen molar-refractivity contribution < 1.29 is 0 Å². The summed E-state index contributed by atoms with van der Waals surface area (Å²) in [5.41, 5.74) is 7.34. The molecular weight excluding hydrogens is 350 g/mol. The lowest BCUT2D eigenvalue weighted by atomic mass is 10.0. The lowest BCUT2D eigenvalue weighted by Crippen LogP contribution is -2.40. The number of nitrogens with zero attached hydrogens (tertiary/aromatic N) is 2. The Bertz CT molecular complexity index is 496. The Morgan fingerprint density at radius 2 is 2.10 bits per heavy atom. The molecule has 2 aliphatic rings. The first-order valence-corrected chi connectivity index (χ1v) is 8.99. The molecule has 2 N–H and O–H groups in total. The zero-order chi connectivity index (χ0) is 14.8. The summed E-state index contributed by atoms with van der Waals surface area (Å²) in [6.45, 7) is 5.38. The molecule has 0 aliphatic carbocycles. The van der Waals surface area contributed by atoms with Gasteiger partial charge in [0.05, 0.1) is 0 Å². The van der Waals surface area contributed by atoms with Crippen molar-refractivity contribution in [2.75, 3.05) is 32.7 Å². The van der Waals surface area contributed by atoms with Crippen LogP contribution < -0.4 is 5.73 Å². The van der Waals surface area contributed by atoms with Gasteiger partial charge in [0.15, 0.2) is 0 Å². The van der Waals surface area contributed by atoms with Gasteiger partial charge in [-0.05, 0) is 56.1 Å². The minimum atomic E-state index is 0.249. The molecule has 2 fully saturated rings. The van der Waals surface area contributed by atoms with E-state index in [0.29, 0.717) is 12.6 Å². The van der Waals surface area contributed by atoms with Crippen LogP contribution in [-0.4, -0.2) is 48.6 Å². The molecule has 2 atom stereocenters. The Balaban J connectivity index is 1.83. The maximum Gasteiger partial charge on any atom is 0.0482 e. The van der Waals surface area contributed by atoms with E-state index in [2.05, 4.69) is 31.8 Å². The molecule has 3 rings (SSSR count). The molecule has 3 nitrogen and oxygen atoms in total. The fourth-order valence-electron chi connectivity index (χ4n) is 3.76. The van der Waals surface area contributed by atoms with Crippen molar-refractivity contribution in [3.05, 3.63) is 33.3 Å². The molecule has 2 saturated heterocycles. The third-order valence-electron chi connectivity index (χ3n) is 4.82. The fraction of sp³-hybridized carbons (Fsp3) is 0.625. The van der Waals surface area contributed by atoms with Gasteiger partial charge >= 0.3 is 0 Å². The third-order valence-corrected chi connectivity index (χ3v) is 5.77. The van der Waals surface area contributed by atoms with E-state index in [1.165, 1.54) is 37.9 Å². The van der Waals surface area contributed by atoms with E-state index in [1.54, 1.807) is 0 Å². The van der Waals surface area contributed by atoms with Gasteiger partial charge in [-0.15, -0.1) is 0 Å². The molecule has 21 heavy (non-hydrogen) atoms. The van der Waals surface area contributed by atoms with Crippen LogP contribution in [0.4, 0.5) is 0 Å². The van der Waals surface area contributed by atoms with Gasteiger partial charge in [0, 0.05) is 41.2 Å². The summed E-state index contributed by atoms with van der Waals surface area (Å²) in [7, 11) is 0. The zero-order valence-electron chi connectivity index (χ0n) is 12.3. The van der Waals surface area contributed by atoms with Crippen molar-refractivity contribution in [2.45, 2.75) is 31.3 Å². The molecule has 0 radical (unpaired) electrons. The number of rotatable bonds is 3. The highest BCUT2D eigenvalue weighted by Gasteiger charge is 2.32. The van der Waals surface area contributed by atoms with Crippen LogP contribution in [0.3, 0.4) is 0 Å². The van der Waals surface area contributed by atoms with E-state index in [9.17, 15) is 0 Å². The zero-order valence-corrected chi connectivity index (χ0v) is 14.6. The predicted octanol–water partition coefficient (Wildman–Crippen LogP) is 3.27. The Morgan fingerprint density at radius 1 is 1.29 bits per heavy atom. The summed E-state index contributed by atoms with van der Waals surface area (Å²) >= 11 is 9.85. The van der Waals surface area contributed by atoms with Crippen LogP contribution in [-0.2, 0) is 0 Å². The first-order valence-electron chi connectivity index (χ1n) is 7.82. The quantitative estimate of drug-likeness (QED) is 0.884. The van der Waals surface area contributed by atoms with E-state index in [0.717, 1.165) is 22.6 Å². The molecule has 0 aromatic heterocycles. The Hall–Kier alpha value is -0.130. The summed E-state index contributed by atoms with van der Waals surface area (Å²) in [6, 6.07) is 6.96. The molecule has 116 valence electrons. The monoisotopic (exact) mass is 371 g/mol. The molecule has 1 aromatic rings. The highest BCUT2D eigenvalue weighted by Crippen LogP contribution is 2.32. The molecule has 2 heterocycles. The topological polar surface area (TPSA) is 32.5 Å². The second-order valence-electron chi connectivity index (χ2n) is 6.10. The summed E-state index contributed by atoms with van der Waals surface area (Å²) in [5.74, 6) is 0. The van der Waals surface area contributed by atoms with Crippen LogP contribution in [0.2, 0.25) is 5.02 Å². The van der Waals surface area contributed by atoms with Crippen molar-refractivity contribution in [3.63, 3.8) is 0 Å². The standard InChI is InChI=1S/C16H23BrClN3/c17-15-5-4-12(18)9-14(15)16(10-19)21-8-2-7-20-6-1-3-13(20)11-21/h4-5,9,13,16H,1-3,6-8,10-11,19H2. The predicted molar refractivity (Wildman–Crippen MR) is 91.7 cm³/mol. The second-order valence-corrected chi connectivity index (χ2v) is 7.39. The maximum absolute atomic E-state index is 6.19. The van der Waals surface area contributed by atoms with Gasteiger partial charge < -0.3 is 5.73 Å². The van der Waals surface area contributed by atoms with Gasteiger partial charge in [-0.2, -0.15) is 0 Å². The van der Waals surface area contributed by atoms with Crippen LogP contribution in [0.25, 0.3) is 0 Å². The van der Waals surface area contributed by atoms with Gasteiger partial charge in [0.2, 0.25) is 0 Å². The number of benzene rings is 1. The van der Waals surface area contributed by atoms with Gasteiger partial charge in [-0.1, -0.05) is 27.5 Å². The minimum absolute atomic E-state index is 0.249. The van der Waals surface area contributed by atoms with Crippen LogP contribution in [0.1, 0.15) is 30.9 Å². The average Bonchev–Trinajstić information content (AvgIpc) is 2.81. The first-order chi connectivity index (χ1) is 10.2. The van der Waals surface area contributed by atoms with Crippen molar-refractivity contribution >= 4 is 27.5 Å². The second kappa shape index (κ2) is 6.97. The molecule has 2 aliphatic heterocycles. The SMILES string of the molecule is NCC(c1cc(Cl)ccc1Br)N1CCCN2CCCC2C1. The third kappa shape index (κ3) is 3.45. The molecule has 2 unspecified atom stereocenters. The largest absolute Gasteiger partial charge is 0.329 e. The van der Waals surface area contributed by atoms with Crippen molar-refractivity contribution in [1.29, 1.82) is 0 Å². The molecule has 5 heteroatoms. The van der Waals surface area contributed by atoms with E-state index in [4.69, 9.17) is 17.3 Å². The van der Waals surface area contributed by atoms with Crippen molar-refractivity contribution in [1.82, 2.24) is 9.80 Å². The lowest BCUT2D eigenvalue weighted by Gasteiger charge is -2.33. The van der Waals surface area contributed by atoms with Gasteiger partial charge in [-0.25, -0.2) is 0 Å². The van der Waals surface area contributed by atoms with Crippen LogP contribution >= 0.6 is 27.5 Å². The summed E-state index contributed by atoms with van der Waals surface area (Å²) in [5, 5.41) is 0.781. The maximum atomic E-state index is 6.19. The first kappa shape index (κ1) is 15.8. The van der Waals surface area contributed by atoms with Gasteiger partial charge in [0.1, 0.15) is 0 Å². The molecule has 1 aromatic carbocycles. The van der Waals surface area contributed by atoms with Gasteiger partial charge in [0.25, 0.3) is 0 Å². The molecule has 0 spiro atoms. The summed E-state index contributed by atoms with van der Waals surface area (Å²) in [6.07, 6.45) is 3.89. The summed E-state index contributed by atoms with van der Waals surface area (Å²) < 4.78 is 1.11. The minimum Gasteiger partial charge on any atom is -0.329 e. The Kier molecular flexibility index (Phi) is 5.23. The molecule has 0 saturated carbocycles. The number of nitrogens with two attached hydrogens (primary N) is 1. The van der Waals surface area contributed by atoms with E-state index >= 15 is 0 Å². The lowest BCUT2D eigenvalue weighted by molar-refractivity contribution is 0.176. The molecule has 0 bridgehead atoms. The fourth-order valence-corrected chi connectivity index (χ4v) is 4.45. The van der Waals surface area contributed by atoms with Crippen LogP contribution in [0, 0.1) is 0 Å². The van der Waals surface area contributed by atoms with Crippen LogP contribution in [0.15, 0.2) is 22.7 Å². The number of fused-ring (bicyclic) bond motifs is 1. The Labute approximate surface area is 140 Å². The van der Waals surface area contributed by atoms with Crippen molar-refractivity contribution in [3.8, 4) is 0 Å². The summed E-state index contributed by atoms with van der Waals surface area (Å²) in [4.78, 5) is 5.22. The van der Waals surface area contributed by atoms with Crippen molar-refractivity contribution in [2.24, 2.45) is 5.73 Å².